The number of carbonyl (C=O) groups is 1. The molecule has 0 spiro atoms. The molecule has 0 saturated carbocycles. The van der Waals surface area contributed by atoms with Crippen LogP contribution in [0.2, 0.25) is 5.02 Å². The molecule has 2 aliphatic rings. The Bertz CT molecular complexity index is 838. The van der Waals surface area contributed by atoms with Gasteiger partial charge in [0.1, 0.15) is 0 Å². The number of carbonyl (C=O) groups excluding carboxylic acids is 1. The van der Waals surface area contributed by atoms with Crippen LogP contribution in [0.15, 0.2) is 18.2 Å². The molecule has 2 atom stereocenters. The van der Waals surface area contributed by atoms with E-state index in [-0.39, 0.29) is 29.5 Å². The van der Waals surface area contributed by atoms with Gasteiger partial charge in [-0.05, 0) is 44.4 Å². The van der Waals surface area contributed by atoms with E-state index < -0.39 is 9.84 Å². The Morgan fingerprint density at radius 2 is 1.97 bits per heavy atom. The van der Waals surface area contributed by atoms with E-state index in [1.807, 2.05) is 36.9 Å². The van der Waals surface area contributed by atoms with Crippen molar-refractivity contribution in [1.82, 2.24) is 9.80 Å². The first-order valence-electron chi connectivity index (χ1n) is 10.4. The van der Waals surface area contributed by atoms with E-state index in [0.29, 0.717) is 13.0 Å². The fraction of sp³-hybridized carbons (Fsp3) is 0.667. The minimum absolute atomic E-state index is 0.0498. The molecule has 3 rings (SSSR count). The minimum Gasteiger partial charge on any atom is -0.369 e. The molecule has 2 fully saturated rings. The number of amides is 1. The zero-order valence-electron chi connectivity index (χ0n) is 17.6. The van der Waals surface area contributed by atoms with Crippen molar-refractivity contribution in [2.75, 3.05) is 49.1 Å². The van der Waals surface area contributed by atoms with Crippen LogP contribution in [0.1, 0.15) is 32.3 Å². The number of halogens is 1. The molecule has 29 heavy (non-hydrogen) atoms. The Hall–Kier alpha value is -1.31. The molecule has 162 valence electrons. The van der Waals surface area contributed by atoms with Crippen LogP contribution in [0.25, 0.3) is 0 Å². The third-order valence-corrected chi connectivity index (χ3v) is 8.18. The van der Waals surface area contributed by atoms with E-state index >= 15 is 0 Å². The first kappa shape index (κ1) is 22.4. The second-order valence-corrected chi connectivity index (χ2v) is 11.0. The Labute approximate surface area is 179 Å². The molecule has 0 unspecified atom stereocenters. The lowest BCUT2D eigenvalue weighted by molar-refractivity contribution is -0.136. The van der Waals surface area contributed by atoms with Crippen molar-refractivity contribution in [3.05, 3.63) is 28.8 Å². The summed E-state index contributed by atoms with van der Waals surface area (Å²) in [7, 11) is -3.02. The second-order valence-electron chi connectivity index (χ2n) is 8.31. The average molecular weight is 442 g/mol. The molecule has 2 saturated heterocycles. The van der Waals surface area contributed by atoms with Crippen molar-refractivity contribution < 1.29 is 13.2 Å². The van der Waals surface area contributed by atoms with E-state index in [2.05, 4.69) is 16.7 Å². The van der Waals surface area contributed by atoms with Crippen molar-refractivity contribution in [2.24, 2.45) is 0 Å². The van der Waals surface area contributed by atoms with Crippen molar-refractivity contribution in [3.63, 3.8) is 0 Å². The normalized spacial score (nSPS) is 23.2. The van der Waals surface area contributed by atoms with Gasteiger partial charge >= 0.3 is 0 Å². The van der Waals surface area contributed by atoms with Crippen LogP contribution in [0.4, 0.5) is 5.69 Å². The maximum Gasteiger partial charge on any atom is 0.237 e. The lowest BCUT2D eigenvalue weighted by atomic mass is 10.1. The van der Waals surface area contributed by atoms with Crippen LogP contribution >= 0.6 is 11.6 Å². The van der Waals surface area contributed by atoms with Crippen molar-refractivity contribution in [2.45, 2.75) is 45.7 Å². The molecule has 6 nitrogen and oxygen atoms in total. The summed E-state index contributed by atoms with van der Waals surface area (Å²) in [5.41, 5.74) is 2.35. The molecular formula is C21H32ClN3O3S. The molecule has 0 bridgehead atoms. The summed E-state index contributed by atoms with van der Waals surface area (Å²) in [6.45, 7) is 9.78. The van der Waals surface area contributed by atoms with Gasteiger partial charge in [0.15, 0.2) is 9.84 Å². The topological polar surface area (TPSA) is 60.9 Å². The monoisotopic (exact) mass is 441 g/mol. The van der Waals surface area contributed by atoms with Gasteiger partial charge in [0.2, 0.25) is 5.91 Å². The van der Waals surface area contributed by atoms with Gasteiger partial charge < -0.3 is 9.80 Å². The van der Waals surface area contributed by atoms with Crippen molar-refractivity contribution >= 4 is 33.0 Å². The zero-order valence-corrected chi connectivity index (χ0v) is 19.2. The summed E-state index contributed by atoms with van der Waals surface area (Å²) in [6.07, 6.45) is 1.38. The highest BCUT2D eigenvalue weighted by molar-refractivity contribution is 7.91. The lowest BCUT2D eigenvalue weighted by Crippen LogP contribution is -2.54. The summed E-state index contributed by atoms with van der Waals surface area (Å²) in [5, 5.41) is 0.735. The molecule has 1 aromatic rings. The Morgan fingerprint density at radius 3 is 2.55 bits per heavy atom. The fourth-order valence-electron chi connectivity index (χ4n) is 4.34. The van der Waals surface area contributed by atoms with Crippen LogP contribution in [-0.4, -0.2) is 80.4 Å². The van der Waals surface area contributed by atoms with E-state index in [9.17, 15) is 13.2 Å². The number of aryl methyl sites for hydroxylation is 1. The van der Waals surface area contributed by atoms with Crippen LogP contribution in [0.5, 0.6) is 0 Å². The number of sulfone groups is 1. The lowest BCUT2D eigenvalue weighted by Gasteiger charge is -2.39. The average Bonchev–Trinajstić information content (AvgIpc) is 3.03. The summed E-state index contributed by atoms with van der Waals surface area (Å²) in [5.74, 6) is 0.342. The zero-order chi connectivity index (χ0) is 21.2. The standard InChI is InChI=1S/C21H32ClN3O3S/c1-4-17(3)25(19-7-12-29(27,28)15-19)21(26)14-23-8-10-24(11-9-23)20-13-18(22)6-5-16(20)2/h5-6,13,17,19H,4,7-12,14-15H2,1-3H3/t17-,19-/m1/s1. The summed E-state index contributed by atoms with van der Waals surface area (Å²) in [6, 6.07) is 5.81. The maximum atomic E-state index is 13.1. The quantitative estimate of drug-likeness (QED) is 0.679. The molecule has 2 aliphatic heterocycles. The molecule has 1 aromatic carbocycles. The number of nitrogens with zero attached hydrogens (tertiary/aromatic N) is 3. The highest BCUT2D eigenvalue weighted by atomic mass is 35.5. The molecule has 2 heterocycles. The molecule has 0 aromatic heterocycles. The molecule has 0 N–H and O–H groups in total. The Kier molecular flexibility index (Phi) is 7.12. The minimum atomic E-state index is -3.02. The van der Waals surface area contributed by atoms with Gasteiger partial charge in [-0.2, -0.15) is 0 Å². The molecule has 0 radical (unpaired) electrons. The fourth-order valence-corrected chi connectivity index (χ4v) is 6.22. The van der Waals surface area contributed by atoms with Crippen LogP contribution in [-0.2, 0) is 14.6 Å². The number of anilines is 1. The summed E-state index contributed by atoms with van der Waals surface area (Å²) >= 11 is 6.16. The van der Waals surface area contributed by atoms with Crippen LogP contribution in [0.3, 0.4) is 0 Å². The molecule has 8 heteroatoms. The van der Waals surface area contributed by atoms with Gasteiger partial charge in [-0.25, -0.2) is 8.42 Å². The Balaban J connectivity index is 1.61. The largest absolute Gasteiger partial charge is 0.369 e. The molecular weight excluding hydrogens is 410 g/mol. The SMILES string of the molecule is CC[C@@H](C)N(C(=O)CN1CCN(c2cc(Cl)ccc2C)CC1)[C@@H]1CCS(=O)(=O)C1. The van der Waals surface area contributed by atoms with Gasteiger partial charge in [0, 0.05) is 49.0 Å². The second kappa shape index (κ2) is 9.23. The number of benzene rings is 1. The van der Waals surface area contributed by atoms with Gasteiger partial charge in [0.25, 0.3) is 0 Å². The van der Waals surface area contributed by atoms with Gasteiger partial charge in [-0.1, -0.05) is 24.6 Å². The number of rotatable bonds is 6. The van der Waals surface area contributed by atoms with Gasteiger partial charge in [-0.15, -0.1) is 0 Å². The van der Waals surface area contributed by atoms with E-state index in [4.69, 9.17) is 11.6 Å². The smallest absolute Gasteiger partial charge is 0.237 e. The maximum absolute atomic E-state index is 13.1. The number of hydrogen-bond acceptors (Lipinski definition) is 5. The predicted molar refractivity (Wildman–Crippen MR) is 118 cm³/mol. The van der Waals surface area contributed by atoms with E-state index in [0.717, 1.165) is 43.3 Å². The number of piperazine rings is 1. The summed E-state index contributed by atoms with van der Waals surface area (Å²) < 4.78 is 23.9. The van der Waals surface area contributed by atoms with E-state index in [1.165, 1.54) is 5.56 Å². The molecule has 1 amide bonds. The third-order valence-electron chi connectivity index (χ3n) is 6.20. The van der Waals surface area contributed by atoms with E-state index in [1.54, 1.807) is 0 Å². The first-order chi connectivity index (χ1) is 13.7. The Morgan fingerprint density at radius 1 is 1.28 bits per heavy atom. The summed E-state index contributed by atoms with van der Waals surface area (Å²) in [4.78, 5) is 19.5. The van der Waals surface area contributed by atoms with Gasteiger partial charge in [-0.3, -0.25) is 9.69 Å². The van der Waals surface area contributed by atoms with Crippen molar-refractivity contribution in [3.8, 4) is 0 Å². The van der Waals surface area contributed by atoms with Gasteiger partial charge in [0.05, 0.1) is 18.1 Å². The van der Waals surface area contributed by atoms with Crippen molar-refractivity contribution in [1.29, 1.82) is 0 Å². The third kappa shape index (κ3) is 5.44. The predicted octanol–water partition coefficient (Wildman–Crippen LogP) is 2.58. The highest BCUT2D eigenvalue weighted by Gasteiger charge is 2.37. The number of hydrogen-bond donors (Lipinski definition) is 0. The highest BCUT2D eigenvalue weighted by Crippen LogP contribution is 2.26. The van der Waals surface area contributed by atoms with Crippen LogP contribution < -0.4 is 4.90 Å². The molecule has 0 aliphatic carbocycles. The van der Waals surface area contributed by atoms with Crippen LogP contribution in [0, 0.1) is 6.92 Å². The first-order valence-corrected chi connectivity index (χ1v) is 12.6.